The minimum Gasteiger partial charge on any atom is -0.254 e. The molecular weight excluding hydrogens is 383 g/mol. The van der Waals surface area contributed by atoms with Gasteiger partial charge in [0.15, 0.2) is 0 Å². The van der Waals surface area contributed by atoms with Gasteiger partial charge in [-0.25, -0.2) is 4.39 Å². The van der Waals surface area contributed by atoms with E-state index in [1.165, 1.54) is 12.1 Å². The smallest absolute Gasteiger partial charge is 0.125 e. The van der Waals surface area contributed by atoms with Crippen molar-refractivity contribution in [2.24, 2.45) is 0 Å². The molecule has 0 spiro atoms. The third kappa shape index (κ3) is 1.75. The molecule has 2 aromatic rings. The molecule has 72 valence electrons. The van der Waals surface area contributed by atoms with Gasteiger partial charge in [0.2, 0.25) is 0 Å². The van der Waals surface area contributed by atoms with Gasteiger partial charge < -0.3 is 0 Å². The summed E-state index contributed by atoms with van der Waals surface area (Å²) in [4.78, 5) is 4.18. The number of rotatable bonds is 0. The molecule has 0 aliphatic rings. The quantitative estimate of drug-likeness (QED) is 0.612. The molecule has 0 bridgehead atoms. The van der Waals surface area contributed by atoms with Crippen molar-refractivity contribution in [2.45, 2.75) is 0 Å². The fourth-order valence-electron chi connectivity index (χ4n) is 1.17. The third-order valence-corrected chi connectivity index (χ3v) is 3.93. The van der Waals surface area contributed by atoms with Crippen LogP contribution in [0.2, 0.25) is 5.02 Å². The van der Waals surface area contributed by atoms with Crippen LogP contribution >= 0.6 is 50.1 Å². The second kappa shape index (κ2) is 3.90. The molecule has 2 rings (SSSR count). The molecule has 0 N–H and O–H groups in total. The van der Waals surface area contributed by atoms with Crippen molar-refractivity contribution in [2.75, 3.05) is 0 Å². The van der Waals surface area contributed by atoms with Crippen molar-refractivity contribution in [1.82, 2.24) is 4.98 Å². The molecule has 0 aliphatic carbocycles. The van der Waals surface area contributed by atoms with Gasteiger partial charge in [-0.2, -0.15) is 0 Å². The zero-order valence-corrected chi connectivity index (χ0v) is 11.2. The zero-order valence-electron chi connectivity index (χ0n) is 6.69. The molecule has 1 aromatic heterocycles. The number of benzene rings is 1. The van der Waals surface area contributed by atoms with Gasteiger partial charge in [-0.1, -0.05) is 11.6 Å². The summed E-state index contributed by atoms with van der Waals surface area (Å²) in [5, 5.41) is 1.17. The first-order valence-electron chi connectivity index (χ1n) is 3.68. The van der Waals surface area contributed by atoms with E-state index in [-0.39, 0.29) is 5.82 Å². The fraction of sp³-hybridized carbons (Fsp3) is 0. The van der Waals surface area contributed by atoms with Gasteiger partial charge in [0.05, 0.1) is 14.1 Å². The number of hydrogen-bond acceptors (Lipinski definition) is 1. The maximum Gasteiger partial charge on any atom is 0.125 e. The number of halogens is 4. The van der Waals surface area contributed by atoms with Crippen LogP contribution in [-0.4, -0.2) is 4.98 Å². The van der Waals surface area contributed by atoms with Crippen molar-refractivity contribution in [3.05, 3.63) is 37.2 Å². The van der Waals surface area contributed by atoms with Crippen LogP contribution in [0.1, 0.15) is 0 Å². The number of nitrogens with zero attached hydrogens (tertiary/aromatic N) is 1. The first kappa shape index (κ1) is 10.6. The molecule has 5 heteroatoms. The highest BCUT2D eigenvalue weighted by atomic mass is 127. The Morgan fingerprint density at radius 1 is 1.43 bits per heavy atom. The topological polar surface area (TPSA) is 12.9 Å². The lowest BCUT2D eigenvalue weighted by Gasteiger charge is -2.03. The summed E-state index contributed by atoms with van der Waals surface area (Å²) in [5.74, 6) is -0.324. The van der Waals surface area contributed by atoms with Gasteiger partial charge >= 0.3 is 0 Å². The van der Waals surface area contributed by atoms with Gasteiger partial charge in [0, 0.05) is 16.1 Å². The summed E-state index contributed by atoms with van der Waals surface area (Å²) in [6.07, 6.45) is 1.66. The van der Waals surface area contributed by atoms with E-state index in [0.717, 1.165) is 3.57 Å². The minimum absolute atomic E-state index is 0.324. The van der Waals surface area contributed by atoms with Crippen LogP contribution in [0.5, 0.6) is 0 Å². The normalized spacial score (nSPS) is 10.9. The lowest BCUT2D eigenvalue weighted by atomic mass is 10.2. The Morgan fingerprint density at radius 3 is 2.86 bits per heavy atom. The highest BCUT2D eigenvalue weighted by Crippen LogP contribution is 2.31. The van der Waals surface area contributed by atoms with E-state index < -0.39 is 0 Å². The van der Waals surface area contributed by atoms with E-state index >= 15 is 0 Å². The molecule has 0 radical (unpaired) electrons. The zero-order chi connectivity index (χ0) is 10.3. The van der Waals surface area contributed by atoms with Gasteiger partial charge in [-0.3, -0.25) is 4.98 Å². The molecule has 0 unspecified atom stereocenters. The van der Waals surface area contributed by atoms with E-state index in [1.54, 1.807) is 6.20 Å². The van der Waals surface area contributed by atoms with Gasteiger partial charge in [0.1, 0.15) is 5.82 Å². The Kier molecular flexibility index (Phi) is 2.95. The second-order valence-electron chi connectivity index (χ2n) is 2.70. The van der Waals surface area contributed by atoms with Crippen molar-refractivity contribution in [1.29, 1.82) is 0 Å². The summed E-state index contributed by atoms with van der Waals surface area (Å²) >= 11 is 11.3. The summed E-state index contributed by atoms with van der Waals surface area (Å²) in [7, 11) is 0. The van der Waals surface area contributed by atoms with Crippen LogP contribution in [0.15, 0.2) is 22.8 Å². The van der Waals surface area contributed by atoms with E-state index in [1.807, 2.05) is 0 Å². The van der Waals surface area contributed by atoms with E-state index in [9.17, 15) is 4.39 Å². The van der Waals surface area contributed by atoms with Crippen LogP contribution in [0.3, 0.4) is 0 Å². The van der Waals surface area contributed by atoms with Crippen molar-refractivity contribution in [3.63, 3.8) is 0 Å². The molecule has 0 aliphatic heterocycles. The Hall–Kier alpha value is 0.0600. The Morgan fingerprint density at radius 2 is 2.14 bits per heavy atom. The fourth-order valence-corrected chi connectivity index (χ4v) is 2.33. The second-order valence-corrected chi connectivity index (χ2v) is 5.10. The van der Waals surface area contributed by atoms with Crippen molar-refractivity contribution >= 4 is 61.0 Å². The average molecular weight is 386 g/mol. The Bertz CT molecular complexity index is 518. The van der Waals surface area contributed by atoms with Crippen LogP contribution in [0, 0.1) is 9.39 Å². The number of fused-ring (bicyclic) bond motifs is 1. The highest BCUT2D eigenvalue weighted by Gasteiger charge is 2.08. The van der Waals surface area contributed by atoms with E-state index in [0.29, 0.717) is 20.4 Å². The Balaban J connectivity index is 2.95. The molecular formula is C9H3BrClFIN. The number of hydrogen-bond donors (Lipinski definition) is 0. The first-order valence-corrected chi connectivity index (χ1v) is 5.93. The molecule has 1 nitrogen and oxygen atoms in total. The van der Waals surface area contributed by atoms with Gasteiger partial charge in [-0.05, 0) is 50.7 Å². The molecule has 0 saturated heterocycles. The summed E-state index contributed by atoms with van der Waals surface area (Å²) in [6.45, 7) is 0. The summed E-state index contributed by atoms with van der Waals surface area (Å²) in [5.41, 5.74) is 0.678. The third-order valence-electron chi connectivity index (χ3n) is 1.78. The maximum absolute atomic E-state index is 13.1. The molecule has 1 aromatic carbocycles. The molecule has 0 saturated carbocycles. The number of pyridine rings is 1. The van der Waals surface area contributed by atoms with Crippen molar-refractivity contribution in [3.8, 4) is 0 Å². The van der Waals surface area contributed by atoms with Gasteiger partial charge in [0.25, 0.3) is 0 Å². The molecule has 14 heavy (non-hydrogen) atoms. The standard InChI is InChI=1S/C9H3BrClFIN/c10-6-2-4(12)1-5-8(11)7(13)3-14-9(5)6/h1-3H. The maximum atomic E-state index is 13.1. The highest BCUT2D eigenvalue weighted by molar-refractivity contribution is 14.1. The molecule has 1 heterocycles. The first-order chi connectivity index (χ1) is 6.59. The predicted molar refractivity (Wildman–Crippen MR) is 67.1 cm³/mol. The molecule has 0 atom stereocenters. The molecule has 0 fully saturated rings. The van der Waals surface area contributed by atoms with Crippen molar-refractivity contribution < 1.29 is 4.39 Å². The predicted octanol–water partition coefficient (Wildman–Crippen LogP) is 4.39. The van der Waals surface area contributed by atoms with Crippen LogP contribution in [-0.2, 0) is 0 Å². The Labute approximate surface area is 107 Å². The van der Waals surface area contributed by atoms with Crippen LogP contribution < -0.4 is 0 Å². The summed E-state index contributed by atoms with van der Waals surface area (Å²) < 4.78 is 14.5. The van der Waals surface area contributed by atoms with E-state index in [4.69, 9.17) is 11.6 Å². The lowest BCUT2D eigenvalue weighted by Crippen LogP contribution is -1.86. The lowest BCUT2D eigenvalue weighted by molar-refractivity contribution is 0.629. The van der Waals surface area contributed by atoms with Crippen LogP contribution in [0.25, 0.3) is 10.9 Å². The molecule has 0 amide bonds. The number of aromatic nitrogens is 1. The van der Waals surface area contributed by atoms with Crippen LogP contribution in [0.4, 0.5) is 4.39 Å². The average Bonchev–Trinajstić information content (AvgIpc) is 2.12. The van der Waals surface area contributed by atoms with Gasteiger partial charge in [-0.15, -0.1) is 0 Å². The monoisotopic (exact) mass is 385 g/mol. The minimum atomic E-state index is -0.324. The SMILES string of the molecule is Fc1cc(Br)c2ncc(I)c(Cl)c2c1. The largest absolute Gasteiger partial charge is 0.254 e. The summed E-state index contributed by atoms with van der Waals surface area (Å²) in [6, 6.07) is 2.76. The van der Waals surface area contributed by atoms with E-state index in [2.05, 4.69) is 43.5 Å².